The number of likely N-dealkylation sites (tertiary alicyclic amines) is 1. The van der Waals surface area contributed by atoms with Gasteiger partial charge >= 0.3 is 0 Å². The highest BCUT2D eigenvalue weighted by Crippen LogP contribution is 2.27. The molecule has 0 radical (unpaired) electrons. The van der Waals surface area contributed by atoms with Gasteiger partial charge in [-0.2, -0.15) is 0 Å². The quantitative estimate of drug-likeness (QED) is 0.630. The number of thioether (sulfide) groups is 1. The lowest BCUT2D eigenvalue weighted by atomic mass is 9.95. The van der Waals surface area contributed by atoms with Crippen molar-refractivity contribution in [3.05, 3.63) is 41.4 Å². The number of hydrogen-bond donors (Lipinski definition) is 0. The van der Waals surface area contributed by atoms with Crippen LogP contribution in [0.2, 0.25) is 0 Å². The van der Waals surface area contributed by atoms with Crippen LogP contribution in [0.25, 0.3) is 0 Å². The van der Waals surface area contributed by atoms with Gasteiger partial charge in [0.15, 0.2) is 0 Å². The fraction of sp³-hybridized carbons (Fsp3) is 0.609. The molecule has 0 N–H and O–H groups in total. The molecular weight excluding hydrogens is 412 g/mol. The Balaban J connectivity index is 1.31. The third-order valence-corrected chi connectivity index (χ3v) is 6.99. The van der Waals surface area contributed by atoms with Gasteiger partial charge < -0.3 is 14.2 Å². The Kier molecular flexibility index (Phi) is 7.30. The van der Waals surface area contributed by atoms with E-state index in [1.165, 1.54) is 11.8 Å². The molecule has 2 aliphatic heterocycles. The van der Waals surface area contributed by atoms with Gasteiger partial charge in [0.1, 0.15) is 10.8 Å². The number of carbonyl (C=O) groups excluding carboxylic acids is 1. The highest BCUT2D eigenvalue weighted by molar-refractivity contribution is 7.98. The monoisotopic (exact) mass is 444 g/mol. The minimum Gasteiger partial charge on any atom is -0.373 e. The lowest BCUT2D eigenvalue weighted by Gasteiger charge is -2.39. The maximum atomic E-state index is 13.2. The molecule has 0 spiro atoms. The molecule has 2 fully saturated rings. The van der Waals surface area contributed by atoms with Crippen molar-refractivity contribution in [3.8, 4) is 0 Å². The minimum atomic E-state index is 0.0824. The molecule has 7 nitrogen and oxygen atoms in total. The molecule has 0 saturated carbocycles. The fourth-order valence-electron chi connectivity index (χ4n) is 4.58. The summed E-state index contributed by atoms with van der Waals surface area (Å²) in [7, 11) is 0. The predicted molar refractivity (Wildman–Crippen MR) is 120 cm³/mol. The SMILES string of the molecule is Cc1cc(CSc2ncccc2C(=O)N2CCC(CN3CC(C)OC(C)C3)CC2)no1. The zero-order valence-corrected chi connectivity index (χ0v) is 19.4. The van der Waals surface area contributed by atoms with E-state index in [-0.39, 0.29) is 5.91 Å². The molecule has 0 bridgehead atoms. The molecule has 2 atom stereocenters. The van der Waals surface area contributed by atoms with Crippen LogP contribution in [0.15, 0.2) is 33.9 Å². The van der Waals surface area contributed by atoms with Crippen LogP contribution >= 0.6 is 11.8 Å². The van der Waals surface area contributed by atoms with Crippen molar-refractivity contribution in [1.82, 2.24) is 19.9 Å². The van der Waals surface area contributed by atoms with Crippen LogP contribution < -0.4 is 0 Å². The van der Waals surface area contributed by atoms with Gasteiger partial charge in [0.05, 0.1) is 23.5 Å². The Labute approximate surface area is 188 Å². The summed E-state index contributed by atoms with van der Waals surface area (Å²) in [5.41, 5.74) is 1.54. The molecule has 4 rings (SSSR count). The number of morpholine rings is 1. The van der Waals surface area contributed by atoms with Crippen LogP contribution in [0.3, 0.4) is 0 Å². The van der Waals surface area contributed by atoms with Gasteiger partial charge in [-0.15, -0.1) is 0 Å². The van der Waals surface area contributed by atoms with Crippen LogP contribution in [0.4, 0.5) is 0 Å². The summed E-state index contributed by atoms with van der Waals surface area (Å²) in [6.45, 7) is 10.9. The summed E-state index contributed by atoms with van der Waals surface area (Å²) in [6.07, 6.45) is 4.43. The largest absolute Gasteiger partial charge is 0.373 e. The van der Waals surface area contributed by atoms with E-state index >= 15 is 0 Å². The first kappa shape index (κ1) is 22.3. The van der Waals surface area contributed by atoms with E-state index in [0.29, 0.717) is 29.4 Å². The Hall–Kier alpha value is -1.90. The number of nitrogens with zero attached hydrogens (tertiary/aromatic N) is 4. The molecule has 168 valence electrons. The van der Waals surface area contributed by atoms with E-state index in [2.05, 4.69) is 28.9 Å². The van der Waals surface area contributed by atoms with Gasteiger partial charge in [-0.05, 0) is 51.7 Å². The number of aromatic nitrogens is 2. The topological polar surface area (TPSA) is 71.7 Å². The fourth-order valence-corrected chi connectivity index (χ4v) is 5.45. The summed E-state index contributed by atoms with van der Waals surface area (Å²) < 4.78 is 11.0. The molecule has 2 aromatic rings. The highest BCUT2D eigenvalue weighted by atomic mass is 32.2. The average molecular weight is 445 g/mol. The number of aryl methyl sites for hydroxylation is 1. The van der Waals surface area contributed by atoms with E-state index < -0.39 is 0 Å². The van der Waals surface area contributed by atoms with Crippen LogP contribution in [0, 0.1) is 12.8 Å². The van der Waals surface area contributed by atoms with E-state index in [0.717, 1.165) is 62.0 Å². The van der Waals surface area contributed by atoms with Crippen molar-refractivity contribution in [2.75, 3.05) is 32.7 Å². The summed E-state index contributed by atoms with van der Waals surface area (Å²) in [4.78, 5) is 22.2. The van der Waals surface area contributed by atoms with E-state index in [9.17, 15) is 4.79 Å². The van der Waals surface area contributed by atoms with Gasteiger partial charge in [-0.1, -0.05) is 16.9 Å². The van der Waals surface area contributed by atoms with Gasteiger partial charge in [0, 0.05) is 50.7 Å². The summed E-state index contributed by atoms with van der Waals surface area (Å²) in [6, 6.07) is 5.64. The average Bonchev–Trinajstić information content (AvgIpc) is 3.17. The maximum absolute atomic E-state index is 13.2. The molecule has 2 aliphatic rings. The number of hydrogen-bond acceptors (Lipinski definition) is 7. The van der Waals surface area contributed by atoms with Crippen LogP contribution in [0.5, 0.6) is 0 Å². The molecule has 2 saturated heterocycles. The lowest BCUT2D eigenvalue weighted by molar-refractivity contribution is -0.0728. The van der Waals surface area contributed by atoms with Gasteiger partial charge in [-0.3, -0.25) is 9.69 Å². The normalized spacial score (nSPS) is 23.3. The Morgan fingerprint density at radius 3 is 2.65 bits per heavy atom. The number of rotatable bonds is 6. The molecule has 8 heteroatoms. The second-order valence-corrected chi connectivity index (χ2v) is 9.75. The Bertz CT molecular complexity index is 871. The summed E-state index contributed by atoms with van der Waals surface area (Å²) in [5.74, 6) is 2.14. The number of pyridine rings is 1. The first-order valence-corrected chi connectivity index (χ1v) is 12.1. The standard InChI is InChI=1S/C23H32N4O3S/c1-16-11-20(25-30-16)15-31-22-21(5-4-8-24-22)23(28)27-9-6-19(7-10-27)14-26-12-17(2)29-18(3)13-26/h4-5,8,11,17-19H,6-7,9-10,12-15H2,1-3H3. The summed E-state index contributed by atoms with van der Waals surface area (Å²) in [5, 5.41) is 4.79. The molecule has 1 amide bonds. The van der Waals surface area contributed by atoms with Crippen molar-refractivity contribution in [3.63, 3.8) is 0 Å². The zero-order valence-electron chi connectivity index (χ0n) is 18.6. The van der Waals surface area contributed by atoms with Crippen LogP contribution in [-0.4, -0.2) is 70.8 Å². The second kappa shape index (κ2) is 10.1. The highest BCUT2D eigenvalue weighted by Gasteiger charge is 2.29. The van der Waals surface area contributed by atoms with E-state index in [1.54, 1.807) is 6.20 Å². The molecular formula is C23H32N4O3S. The second-order valence-electron chi connectivity index (χ2n) is 8.79. The van der Waals surface area contributed by atoms with Gasteiger partial charge in [0.25, 0.3) is 5.91 Å². The first-order chi connectivity index (χ1) is 15.0. The number of amides is 1. The number of piperidine rings is 1. The van der Waals surface area contributed by atoms with Crippen LogP contribution in [0.1, 0.15) is 48.5 Å². The van der Waals surface area contributed by atoms with Crippen LogP contribution in [-0.2, 0) is 10.5 Å². The number of carbonyl (C=O) groups is 1. The van der Waals surface area contributed by atoms with Crippen molar-refractivity contribution >= 4 is 17.7 Å². The molecule has 31 heavy (non-hydrogen) atoms. The predicted octanol–water partition coefficient (Wildman–Crippen LogP) is 3.63. The zero-order chi connectivity index (χ0) is 21.8. The van der Waals surface area contributed by atoms with Crippen molar-refractivity contribution in [2.24, 2.45) is 5.92 Å². The summed E-state index contributed by atoms with van der Waals surface area (Å²) >= 11 is 1.53. The van der Waals surface area contributed by atoms with Gasteiger partial charge in [0.2, 0.25) is 0 Å². The third-order valence-electron chi connectivity index (χ3n) is 5.95. The molecule has 0 aromatic carbocycles. The van der Waals surface area contributed by atoms with Crippen molar-refractivity contribution < 1.29 is 14.1 Å². The van der Waals surface area contributed by atoms with E-state index in [4.69, 9.17) is 9.26 Å². The van der Waals surface area contributed by atoms with Crippen molar-refractivity contribution in [1.29, 1.82) is 0 Å². The molecule has 2 unspecified atom stereocenters. The first-order valence-electron chi connectivity index (χ1n) is 11.1. The third kappa shape index (κ3) is 5.87. The van der Waals surface area contributed by atoms with E-state index in [1.807, 2.05) is 30.0 Å². The number of ether oxygens (including phenoxy) is 1. The molecule has 0 aliphatic carbocycles. The maximum Gasteiger partial charge on any atom is 0.256 e. The Morgan fingerprint density at radius 2 is 1.97 bits per heavy atom. The molecule has 2 aromatic heterocycles. The van der Waals surface area contributed by atoms with Gasteiger partial charge in [-0.25, -0.2) is 4.98 Å². The minimum absolute atomic E-state index is 0.0824. The molecule has 4 heterocycles. The lowest BCUT2D eigenvalue weighted by Crippen LogP contribution is -2.48. The van der Waals surface area contributed by atoms with Crippen molar-refractivity contribution in [2.45, 2.75) is 56.6 Å². The smallest absolute Gasteiger partial charge is 0.256 e. The Morgan fingerprint density at radius 1 is 1.23 bits per heavy atom.